The Morgan fingerprint density at radius 1 is 1.52 bits per heavy atom. The van der Waals surface area contributed by atoms with Crippen LogP contribution in [0.3, 0.4) is 0 Å². The largest absolute Gasteiger partial charge is 0.416 e. The van der Waals surface area contributed by atoms with E-state index in [0.29, 0.717) is 17.9 Å². The molecule has 3 heterocycles. The van der Waals surface area contributed by atoms with Crippen molar-refractivity contribution in [1.29, 1.82) is 0 Å². The Kier molecular flexibility index (Phi) is 5.13. The smallest absolute Gasteiger partial charge is 0.389 e. The van der Waals surface area contributed by atoms with Gasteiger partial charge in [-0.2, -0.15) is 4.98 Å². The minimum absolute atomic E-state index is 0.0149. The van der Waals surface area contributed by atoms with E-state index in [-0.39, 0.29) is 11.4 Å². The zero-order valence-electron chi connectivity index (χ0n) is 15.3. The average molecular weight is 376 g/mol. The molecule has 4 atom stereocenters. The van der Waals surface area contributed by atoms with E-state index < -0.39 is 30.6 Å². The number of aryl methyl sites for hydroxylation is 1. The lowest BCUT2D eigenvalue weighted by Crippen LogP contribution is -2.29. The standard InChI is InChI=1S/C15H20N8O4/c1-5-8-9(20-21-16)11(24)14(26-8)23-6-17-10-12(23)18-7(2)19-13(10)27-15(25)22(3)4/h6,8-9,11,14,24H,5H2,1-4H3/t8-,9?,11+,14-/m1/s1. The van der Waals surface area contributed by atoms with Crippen LogP contribution in [0.2, 0.25) is 0 Å². The van der Waals surface area contributed by atoms with E-state index in [4.69, 9.17) is 15.0 Å². The molecule has 1 amide bonds. The molecule has 1 N–H and O–H groups in total. The number of imidazole rings is 1. The molecular weight excluding hydrogens is 356 g/mol. The van der Waals surface area contributed by atoms with Crippen molar-refractivity contribution in [3.8, 4) is 5.88 Å². The Morgan fingerprint density at radius 3 is 2.89 bits per heavy atom. The number of aliphatic hydroxyl groups excluding tert-OH is 1. The van der Waals surface area contributed by atoms with Gasteiger partial charge in [0.25, 0.3) is 5.88 Å². The number of carbonyl (C=O) groups excluding carboxylic acids is 1. The molecule has 3 rings (SSSR count). The molecule has 0 aromatic carbocycles. The van der Waals surface area contributed by atoms with Crippen molar-refractivity contribution >= 4 is 17.3 Å². The van der Waals surface area contributed by atoms with Gasteiger partial charge in [-0.1, -0.05) is 12.0 Å². The van der Waals surface area contributed by atoms with Crippen LogP contribution >= 0.6 is 0 Å². The number of aromatic nitrogens is 4. The van der Waals surface area contributed by atoms with Crippen LogP contribution in [0.5, 0.6) is 5.88 Å². The van der Waals surface area contributed by atoms with E-state index in [0.717, 1.165) is 0 Å². The first-order chi connectivity index (χ1) is 12.9. The van der Waals surface area contributed by atoms with E-state index in [2.05, 4.69) is 25.0 Å². The van der Waals surface area contributed by atoms with Crippen molar-refractivity contribution in [3.05, 3.63) is 22.6 Å². The summed E-state index contributed by atoms with van der Waals surface area (Å²) in [6, 6.07) is -0.726. The quantitative estimate of drug-likeness (QED) is 0.482. The van der Waals surface area contributed by atoms with Crippen LogP contribution < -0.4 is 4.74 Å². The number of azide groups is 1. The third kappa shape index (κ3) is 3.37. The summed E-state index contributed by atoms with van der Waals surface area (Å²) in [4.78, 5) is 28.6. The molecule has 1 aliphatic rings. The Hall–Kier alpha value is -2.95. The van der Waals surface area contributed by atoms with Gasteiger partial charge in [0.05, 0.1) is 18.5 Å². The van der Waals surface area contributed by atoms with Gasteiger partial charge in [-0.05, 0) is 18.9 Å². The highest BCUT2D eigenvalue weighted by molar-refractivity contribution is 5.80. The maximum absolute atomic E-state index is 11.9. The molecule has 1 aliphatic heterocycles. The summed E-state index contributed by atoms with van der Waals surface area (Å²) >= 11 is 0. The topological polar surface area (TPSA) is 151 Å². The first-order valence-corrected chi connectivity index (χ1v) is 8.35. The van der Waals surface area contributed by atoms with Crippen LogP contribution in [-0.2, 0) is 4.74 Å². The highest BCUT2D eigenvalue weighted by Gasteiger charge is 2.44. The van der Waals surface area contributed by atoms with E-state index in [1.54, 1.807) is 21.0 Å². The molecule has 2 aromatic heterocycles. The van der Waals surface area contributed by atoms with Crippen molar-refractivity contribution in [1.82, 2.24) is 24.4 Å². The number of nitrogens with zero attached hydrogens (tertiary/aromatic N) is 8. The summed E-state index contributed by atoms with van der Waals surface area (Å²) in [5, 5.41) is 14.3. The summed E-state index contributed by atoms with van der Waals surface area (Å²) in [6.45, 7) is 3.52. The second kappa shape index (κ2) is 7.35. The van der Waals surface area contributed by atoms with Crippen LogP contribution in [0.1, 0.15) is 25.4 Å². The minimum Gasteiger partial charge on any atom is -0.389 e. The number of ether oxygens (including phenoxy) is 2. The van der Waals surface area contributed by atoms with Gasteiger partial charge in [0.1, 0.15) is 11.9 Å². The number of carbonyl (C=O) groups is 1. The van der Waals surface area contributed by atoms with Crippen LogP contribution in [-0.4, -0.2) is 68.0 Å². The van der Waals surface area contributed by atoms with Gasteiger partial charge >= 0.3 is 6.09 Å². The Bertz CT molecular complexity index is 907. The SMILES string of the molecule is CC[C@H]1O[C@@H](n2cnc3c(OC(=O)N(C)C)nc(C)nc32)[C@@H](O)C1N=[N+]=[N-]. The van der Waals surface area contributed by atoms with Gasteiger partial charge in [0.15, 0.2) is 17.4 Å². The van der Waals surface area contributed by atoms with Crippen molar-refractivity contribution in [3.63, 3.8) is 0 Å². The lowest BCUT2D eigenvalue weighted by molar-refractivity contribution is -0.0355. The third-order valence-electron chi connectivity index (χ3n) is 4.25. The summed E-state index contributed by atoms with van der Waals surface area (Å²) in [6.07, 6.45) is -0.981. The van der Waals surface area contributed by atoms with Gasteiger partial charge in [-0.3, -0.25) is 4.57 Å². The van der Waals surface area contributed by atoms with Crippen molar-refractivity contribution in [2.24, 2.45) is 5.11 Å². The molecule has 12 nitrogen and oxygen atoms in total. The zero-order valence-corrected chi connectivity index (χ0v) is 15.3. The molecule has 1 fully saturated rings. The molecule has 2 aromatic rings. The molecule has 0 spiro atoms. The molecule has 0 aliphatic carbocycles. The van der Waals surface area contributed by atoms with Gasteiger partial charge in [-0.25, -0.2) is 14.8 Å². The fourth-order valence-corrected chi connectivity index (χ4v) is 2.92. The van der Waals surface area contributed by atoms with Gasteiger partial charge < -0.3 is 19.5 Å². The molecule has 144 valence electrons. The van der Waals surface area contributed by atoms with Crippen LogP contribution in [0, 0.1) is 6.92 Å². The molecule has 1 unspecified atom stereocenters. The summed E-state index contributed by atoms with van der Waals surface area (Å²) in [5.74, 6) is 0.373. The monoisotopic (exact) mass is 376 g/mol. The summed E-state index contributed by atoms with van der Waals surface area (Å²) in [7, 11) is 3.10. The molecule has 0 bridgehead atoms. The molecule has 0 radical (unpaired) electrons. The predicted molar refractivity (Wildman–Crippen MR) is 92.9 cm³/mol. The van der Waals surface area contributed by atoms with E-state index in [9.17, 15) is 9.90 Å². The highest BCUT2D eigenvalue weighted by atomic mass is 16.6. The lowest BCUT2D eigenvalue weighted by Gasteiger charge is -2.17. The van der Waals surface area contributed by atoms with Crippen LogP contribution in [0.4, 0.5) is 4.79 Å². The summed E-state index contributed by atoms with van der Waals surface area (Å²) in [5.41, 5.74) is 9.34. The zero-order chi connectivity index (χ0) is 19.7. The highest BCUT2D eigenvalue weighted by Crippen LogP contribution is 2.35. The van der Waals surface area contributed by atoms with Crippen molar-refractivity contribution in [2.75, 3.05) is 14.1 Å². The second-order valence-electron chi connectivity index (χ2n) is 6.32. The fraction of sp³-hybridized carbons (Fsp3) is 0.600. The average Bonchev–Trinajstić information content (AvgIpc) is 3.17. The summed E-state index contributed by atoms with van der Waals surface area (Å²) < 4.78 is 12.7. The Labute approximate surface area is 154 Å². The van der Waals surface area contributed by atoms with Gasteiger partial charge in [0.2, 0.25) is 0 Å². The van der Waals surface area contributed by atoms with E-state index in [1.165, 1.54) is 15.8 Å². The normalized spacial score (nSPS) is 24.6. The lowest BCUT2D eigenvalue weighted by atomic mass is 10.1. The fourth-order valence-electron chi connectivity index (χ4n) is 2.92. The number of rotatable bonds is 4. The van der Waals surface area contributed by atoms with Crippen LogP contribution in [0.15, 0.2) is 11.4 Å². The maximum atomic E-state index is 11.9. The number of hydrogen-bond donors (Lipinski definition) is 1. The van der Waals surface area contributed by atoms with E-state index >= 15 is 0 Å². The van der Waals surface area contributed by atoms with Gasteiger partial charge in [0, 0.05) is 19.0 Å². The van der Waals surface area contributed by atoms with Gasteiger partial charge in [-0.15, -0.1) is 0 Å². The molecule has 27 heavy (non-hydrogen) atoms. The number of aliphatic hydroxyl groups is 1. The number of fused-ring (bicyclic) bond motifs is 1. The first-order valence-electron chi connectivity index (χ1n) is 8.35. The van der Waals surface area contributed by atoms with Crippen LogP contribution in [0.25, 0.3) is 21.6 Å². The predicted octanol–water partition coefficient (Wildman–Crippen LogP) is 1.54. The molecule has 12 heteroatoms. The van der Waals surface area contributed by atoms with Crippen molar-refractivity contribution < 1.29 is 19.4 Å². The van der Waals surface area contributed by atoms with Crippen molar-refractivity contribution in [2.45, 2.75) is 44.7 Å². The number of amides is 1. The van der Waals surface area contributed by atoms with E-state index in [1.807, 2.05) is 6.92 Å². The second-order valence-corrected chi connectivity index (χ2v) is 6.32. The third-order valence-corrected chi connectivity index (χ3v) is 4.25. The molecule has 1 saturated heterocycles. The minimum atomic E-state index is -1.08. The Balaban J connectivity index is 2.03. The maximum Gasteiger partial charge on any atom is 0.416 e. The molecular formula is C15H20N8O4. The first kappa shape index (κ1) is 18.8. The molecule has 0 saturated carbocycles. The Morgan fingerprint density at radius 2 is 2.26 bits per heavy atom. The number of hydrogen-bond acceptors (Lipinski definition) is 8.